The largest absolute Gasteiger partial charge is 0.492 e. The molecule has 0 heterocycles. The van der Waals surface area contributed by atoms with E-state index in [1.165, 1.54) is 12.4 Å². The lowest BCUT2D eigenvalue weighted by Crippen LogP contribution is -2.37. The highest BCUT2D eigenvalue weighted by atomic mass is 19.4. The number of halogens is 3. The first-order valence-electron chi connectivity index (χ1n) is 3.94. The average molecular weight is 229 g/mol. The third-order valence-corrected chi connectivity index (χ3v) is 1.29. The Morgan fingerprint density at radius 3 is 2.40 bits per heavy atom. The number of aliphatic hydroxyl groups is 1. The number of rotatable bonds is 5. The molecule has 0 fully saturated rings. The van der Waals surface area contributed by atoms with Crippen LogP contribution in [0.15, 0.2) is 0 Å². The lowest BCUT2D eigenvalue weighted by atomic mass is 10.2. The molecule has 1 atom stereocenters. The first kappa shape index (κ1) is 13.8. The smallest absolute Gasteiger partial charge is 0.375 e. The molecule has 15 heavy (non-hydrogen) atoms. The minimum absolute atomic E-state index is 0.0300. The zero-order chi connectivity index (χ0) is 12.1. The second-order valence-electron chi connectivity index (χ2n) is 2.76. The monoisotopic (exact) mass is 229 g/mol. The Balaban J connectivity index is 3.76. The zero-order valence-electron chi connectivity index (χ0n) is 7.80. The maximum absolute atomic E-state index is 11.6. The molecule has 0 saturated heterocycles. The van der Waals surface area contributed by atoms with Crippen molar-refractivity contribution in [3.63, 3.8) is 0 Å². The van der Waals surface area contributed by atoms with Crippen LogP contribution in [0, 0.1) is 0 Å². The predicted molar refractivity (Wildman–Crippen MR) is 41.2 cm³/mol. The van der Waals surface area contributed by atoms with Crippen molar-refractivity contribution in [1.29, 1.82) is 0 Å². The first-order chi connectivity index (χ1) is 6.73. The van der Waals surface area contributed by atoms with Crippen molar-refractivity contribution in [2.24, 2.45) is 0 Å². The van der Waals surface area contributed by atoms with Crippen LogP contribution < -0.4 is 5.48 Å². The van der Waals surface area contributed by atoms with Gasteiger partial charge in [-0.05, 0) is 13.3 Å². The molecule has 2 N–H and O–H groups in total. The normalized spacial score (nSPS) is 13.4. The van der Waals surface area contributed by atoms with Gasteiger partial charge in [0.2, 0.25) is 0 Å². The zero-order valence-corrected chi connectivity index (χ0v) is 7.80. The van der Waals surface area contributed by atoms with Crippen molar-refractivity contribution in [1.82, 2.24) is 5.48 Å². The molecule has 0 aliphatic rings. The Kier molecular flexibility index (Phi) is 5.23. The molecule has 8 heteroatoms. The molecule has 1 unspecified atom stereocenters. The number of hydrogen-bond acceptors (Lipinski definition) is 5. The quantitative estimate of drug-likeness (QED) is 0.523. The van der Waals surface area contributed by atoms with E-state index in [9.17, 15) is 22.8 Å². The van der Waals surface area contributed by atoms with Gasteiger partial charge in [0.1, 0.15) is 12.0 Å². The number of carbonyl (C=O) groups is 2. The van der Waals surface area contributed by atoms with Crippen molar-refractivity contribution in [3.05, 3.63) is 0 Å². The van der Waals surface area contributed by atoms with Gasteiger partial charge in [0.05, 0.1) is 0 Å². The molecule has 0 aliphatic carbocycles. The Hall–Kier alpha value is -1.15. The molecule has 0 aromatic rings. The summed E-state index contributed by atoms with van der Waals surface area (Å²) in [5.74, 6) is -2.69. The highest BCUT2D eigenvalue weighted by molar-refractivity contribution is 5.75. The molecule has 0 bridgehead atoms. The molecule has 0 aromatic heterocycles. The molecule has 0 saturated carbocycles. The van der Waals surface area contributed by atoms with Gasteiger partial charge >= 0.3 is 12.1 Å². The fraction of sp³-hybridized carbons (Fsp3) is 0.714. The predicted octanol–water partition coefficient (Wildman–Crippen LogP) is 0.284. The lowest BCUT2D eigenvalue weighted by Gasteiger charge is -2.12. The van der Waals surface area contributed by atoms with E-state index in [4.69, 9.17) is 5.11 Å². The lowest BCUT2D eigenvalue weighted by molar-refractivity contribution is -0.213. The molecule has 0 aliphatic heterocycles. The summed E-state index contributed by atoms with van der Waals surface area (Å²) in [4.78, 5) is 24.1. The Bertz CT molecular complexity index is 241. The second kappa shape index (κ2) is 5.66. The highest BCUT2D eigenvalue weighted by Crippen LogP contribution is 2.15. The van der Waals surface area contributed by atoms with Gasteiger partial charge in [-0.15, -0.1) is 5.48 Å². The van der Waals surface area contributed by atoms with Gasteiger partial charge in [0.15, 0.2) is 0 Å². The number of aliphatic hydroxyl groups excluding tert-OH is 1. The van der Waals surface area contributed by atoms with E-state index in [2.05, 4.69) is 4.84 Å². The van der Waals surface area contributed by atoms with Crippen LogP contribution in [0.4, 0.5) is 13.2 Å². The van der Waals surface area contributed by atoms with E-state index < -0.39 is 18.4 Å². The Morgan fingerprint density at radius 2 is 2.00 bits per heavy atom. The molecule has 0 aromatic carbocycles. The van der Waals surface area contributed by atoms with E-state index in [1.54, 1.807) is 0 Å². The van der Waals surface area contributed by atoms with Crippen LogP contribution in [0.1, 0.15) is 19.8 Å². The van der Waals surface area contributed by atoms with Crippen molar-refractivity contribution >= 4 is 11.8 Å². The molecular formula is C7H10F3NO4. The minimum atomic E-state index is -5.12. The molecule has 88 valence electrons. The van der Waals surface area contributed by atoms with E-state index in [1.807, 2.05) is 0 Å². The van der Waals surface area contributed by atoms with Gasteiger partial charge in [-0.3, -0.25) is 0 Å². The summed E-state index contributed by atoms with van der Waals surface area (Å²) in [5, 5.41) is 8.90. The molecule has 0 spiro atoms. The minimum Gasteiger partial charge on any atom is -0.375 e. The topological polar surface area (TPSA) is 75.6 Å². The first-order valence-corrected chi connectivity index (χ1v) is 3.94. The Morgan fingerprint density at radius 1 is 1.47 bits per heavy atom. The number of alkyl halides is 3. The third kappa shape index (κ3) is 6.86. The van der Waals surface area contributed by atoms with E-state index >= 15 is 0 Å². The van der Waals surface area contributed by atoms with Crippen LogP contribution in [-0.4, -0.2) is 29.3 Å². The molecule has 0 radical (unpaired) electrons. The van der Waals surface area contributed by atoms with Crippen LogP contribution in [-0.2, 0) is 14.4 Å². The van der Waals surface area contributed by atoms with Gasteiger partial charge in [0.25, 0.3) is 0 Å². The number of hydroxylamine groups is 1. The van der Waals surface area contributed by atoms with Crippen molar-refractivity contribution in [3.8, 4) is 0 Å². The van der Waals surface area contributed by atoms with Gasteiger partial charge in [-0.25, -0.2) is 4.79 Å². The van der Waals surface area contributed by atoms with Crippen molar-refractivity contribution in [2.75, 3.05) is 0 Å². The summed E-state index contributed by atoms with van der Waals surface area (Å²) in [6, 6.07) is 0. The fourth-order valence-electron chi connectivity index (χ4n) is 0.578. The second-order valence-corrected chi connectivity index (χ2v) is 2.76. The van der Waals surface area contributed by atoms with Crippen LogP contribution in [0.25, 0.3) is 0 Å². The van der Waals surface area contributed by atoms with Gasteiger partial charge in [0, 0.05) is 6.42 Å². The van der Waals surface area contributed by atoms with Gasteiger partial charge in [-0.2, -0.15) is 13.2 Å². The van der Waals surface area contributed by atoms with Crippen LogP contribution in [0.3, 0.4) is 0 Å². The molecular weight excluding hydrogens is 219 g/mol. The van der Waals surface area contributed by atoms with Crippen molar-refractivity contribution < 1.29 is 32.7 Å². The molecule has 0 amide bonds. The van der Waals surface area contributed by atoms with Gasteiger partial charge < -0.3 is 14.7 Å². The number of nitrogens with one attached hydrogen (secondary N) is 1. The summed E-state index contributed by atoms with van der Waals surface area (Å²) in [6.07, 6.45) is -6.79. The molecule has 5 nitrogen and oxygen atoms in total. The standard InChI is InChI=1S/C7H10F3NO4/c1-4(12)2-3-5(13)11-15-6(14)7(8,9)10/h5,11,13H,2-3H2,1H3. The maximum Gasteiger partial charge on any atom is 0.492 e. The van der Waals surface area contributed by atoms with E-state index in [0.717, 1.165) is 0 Å². The SMILES string of the molecule is CC(=O)CCC(O)NOC(=O)C(F)(F)F. The number of Topliss-reactive ketones (excluding diaryl/α,β-unsaturated/α-hetero) is 1. The Labute approximate surface area is 83.2 Å². The molecule has 0 rings (SSSR count). The van der Waals surface area contributed by atoms with Crippen LogP contribution in [0.2, 0.25) is 0 Å². The summed E-state index contributed by atoms with van der Waals surface area (Å²) in [7, 11) is 0. The highest BCUT2D eigenvalue weighted by Gasteiger charge is 2.41. The number of carbonyl (C=O) groups excluding carboxylic acids is 2. The van der Waals surface area contributed by atoms with Crippen LogP contribution in [0.5, 0.6) is 0 Å². The van der Waals surface area contributed by atoms with E-state index in [-0.39, 0.29) is 18.6 Å². The summed E-state index contributed by atoms with van der Waals surface area (Å²) < 4.78 is 34.7. The fourth-order valence-corrected chi connectivity index (χ4v) is 0.578. The summed E-state index contributed by atoms with van der Waals surface area (Å²) >= 11 is 0. The van der Waals surface area contributed by atoms with Crippen molar-refractivity contribution in [2.45, 2.75) is 32.2 Å². The summed E-state index contributed by atoms with van der Waals surface area (Å²) in [5.41, 5.74) is 1.48. The van der Waals surface area contributed by atoms with E-state index in [0.29, 0.717) is 0 Å². The number of ketones is 1. The average Bonchev–Trinajstić information content (AvgIpc) is 2.09. The van der Waals surface area contributed by atoms with Crippen LogP contribution >= 0.6 is 0 Å². The third-order valence-electron chi connectivity index (χ3n) is 1.29. The number of hydrogen-bond donors (Lipinski definition) is 2. The summed E-state index contributed by atoms with van der Waals surface area (Å²) in [6.45, 7) is 1.26. The van der Waals surface area contributed by atoms with Gasteiger partial charge in [-0.1, -0.05) is 0 Å². The maximum atomic E-state index is 11.6.